The van der Waals surface area contributed by atoms with Crippen molar-refractivity contribution >= 4 is 22.2 Å². The molecule has 0 aliphatic heterocycles. The van der Waals surface area contributed by atoms with Crippen molar-refractivity contribution in [3.05, 3.63) is 25.3 Å². The van der Waals surface area contributed by atoms with Gasteiger partial charge in [-0.25, -0.2) is 0 Å². The van der Waals surface area contributed by atoms with Gasteiger partial charge in [0.1, 0.15) is 6.29 Å². The van der Waals surface area contributed by atoms with Gasteiger partial charge in [-0.2, -0.15) is 0 Å². The quantitative estimate of drug-likeness (QED) is 0.177. The number of carbonyl (C=O) groups is 1. The summed E-state index contributed by atoms with van der Waals surface area (Å²) in [6.45, 7) is 20.5. The van der Waals surface area contributed by atoms with Crippen LogP contribution in [0, 0.1) is 45.8 Å². The molecule has 230 valence electrons. The number of hydrogen-bond acceptors (Lipinski definition) is 3. The molecule has 4 heteroatoms. The summed E-state index contributed by atoms with van der Waals surface area (Å²) in [4.78, 5) is 9.13. The Morgan fingerprint density at radius 3 is 2.13 bits per heavy atom. The summed E-state index contributed by atoms with van der Waals surface area (Å²) in [5.41, 5.74) is 8.79. The van der Waals surface area contributed by atoms with Gasteiger partial charge in [-0.15, -0.1) is 13.2 Å². The van der Waals surface area contributed by atoms with Gasteiger partial charge in [0.2, 0.25) is 0 Å². The van der Waals surface area contributed by atoms with Crippen LogP contribution in [-0.4, -0.2) is 30.9 Å². The monoisotopic (exact) mass is 611 g/mol. The van der Waals surface area contributed by atoms with Gasteiger partial charge in [-0.1, -0.05) is 83.5 Å². The average Bonchev–Trinajstić information content (AvgIpc) is 3.30. The Balaban J connectivity index is 0.00000145. The smallest absolute Gasteiger partial charge is 0.130 e. The summed E-state index contributed by atoms with van der Waals surface area (Å²) in [6, 6.07) is 0. The first kappa shape index (κ1) is 38.5. The van der Waals surface area contributed by atoms with Crippen LogP contribution in [0.25, 0.3) is 0 Å². The number of nitrogens with two attached hydrogens (primary N) is 1. The van der Waals surface area contributed by atoms with Crippen molar-refractivity contribution in [2.24, 2.45) is 51.6 Å². The van der Waals surface area contributed by atoms with Crippen molar-refractivity contribution in [2.45, 2.75) is 126 Å². The van der Waals surface area contributed by atoms with Crippen LogP contribution in [0.4, 0.5) is 0 Å². The fourth-order valence-electron chi connectivity index (χ4n) is 10.4. The van der Waals surface area contributed by atoms with Gasteiger partial charge in [-0.05, 0) is 111 Å². The SMILES string of the molecule is C.C.C=CC.C=CC(C)C1CCC2(C)C(CCC3(N)C4CCCC4(COC)CCC23)C1(C)CCC.O=CCBr. The third kappa shape index (κ3) is 7.14. The fraction of sp³-hybridized carbons (Fsp3) is 0.857. The molecule has 0 radical (unpaired) electrons. The maximum Gasteiger partial charge on any atom is 0.130 e. The highest BCUT2D eigenvalue weighted by Gasteiger charge is 2.67. The van der Waals surface area contributed by atoms with Crippen LogP contribution in [0.5, 0.6) is 0 Å². The molecule has 3 nitrogen and oxygen atoms in total. The minimum atomic E-state index is 0. The van der Waals surface area contributed by atoms with Crippen LogP contribution in [0.1, 0.15) is 120 Å². The van der Waals surface area contributed by atoms with Gasteiger partial charge in [-0.3, -0.25) is 0 Å². The number of hydrogen-bond donors (Lipinski definition) is 1. The standard InChI is InChI=1S/C28H49NO.C3H6.C2H3BrO.2CH4/c1-7-14-25(4)21(20(3)8-2)11-16-26(5)22(25)13-18-28(29)23(26)12-17-27(19-30-6)15-9-10-24(27)28;1-3-2;3-1-2-4;;/h8,20-24H,2,7,9-19,29H2,1,3-6H3;3H,1H2,2H3;2H,1H2;2*1H4. The van der Waals surface area contributed by atoms with Crippen molar-refractivity contribution in [3.63, 3.8) is 0 Å². The van der Waals surface area contributed by atoms with Gasteiger partial charge in [0.05, 0.1) is 11.9 Å². The topological polar surface area (TPSA) is 52.3 Å². The Kier molecular flexibility index (Phi) is 16.1. The normalized spacial score (nSPS) is 40.6. The molecule has 4 fully saturated rings. The van der Waals surface area contributed by atoms with Crippen molar-refractivity contribution in [1.29, 1.82) is 0 Å². The number of rotatable bonds is 7. The zero-order valence-corrected chi connectivity index (χ0v) is 26.6. The summed E-state index contributed by atoms with van der Waals surface area (Å²) in [6.07, 6.45) is 19.4. The number of aldehydes is 1. The third-order valence-electron chi connectivity index (χ3n) is 11.5. The molecule has 4 aliphatic carbocycles. The molecule has 0 spiro atoms. The second kappa shape index (κ2) is 16.3. The Bertz CT molecular complexity index is 757. The highest BCUT2D eigenvalue weighted by atomic mass is 79.9. The van der Waals surface area contributed by atoms with Gasteiger partial charge in [0.15, 0.2) is 0 Å². The Morgan fingerprint density at radius 2 is 1.62 bits per heavy atom. The van der Waals surface area contributed by atoms with E-state index in [0.29, 0.717) is 39.3 Å². The molecular formula is C35H66BrNO2. The lowest BCUT2D eigenvalue weighted by Gasteiger charge is -2.69. The van der Waals surface area contributed by atoms with E-state index in [9.17, 15) is 0 Å². The molecule has 0 heterocycles. The lowest BCUT2D eigenvalue weighted by Crippen LogP contribution is -2.70. The van der Waals surface area contributed by atoms with E-state index in [0.717, 1.165) is 24.7 Å². The van der Waals surface area contributed by atoms with E-state index in [2.05, 4.69) is 62.9 Å². The van der Waals surface area contributed by atoms with E-state index >= 15 is 0 Å². The summed E-state index contributed by atoms with van der Waals surface area (Å²) in [5, 5.41) is 0.451. The average molecular weight is 613 g/mol. The zero-order chi connectivity index (χ0) is 27.9. The lowest BCUT2D eigenvalue weighted by atomic mass is 9.37. The molecule has 2 N–H and O–H groups in total. The first-order valence-electron chi connectivity index (χ1n) is 15.0. The number of ether oxygens (including phenoxy) is 1. The zero-order valence-electron chi connectivity index (χ0n) is 25.0. The number of halogens is 1. The third-order valence-corrected chi connectivity index (χ3v) is 11.8. The predicted molar refractivity (Wildman–Crippen MR) is 176 cm³/mol. The molecule has 4 rings (SSSR count). The highest BCUT2D eigenvalue weighted by molar-refractivity contribution is 9.09. The Morgan fingerprint density at radius 1 is 1.03 bits per heavy atom. The maximum absolute atomic E-state index is 9.13. The molecule has 39 heavy (non-hydrogen) atoms. The summed E-state index contributed by atoms with van der Waals surface area (Å²) in [5.74, 6) is 3.56. The predicted octanol–water partition coefficient (Wildman–Crippen LogP) is 10.0. The number of fused-ring (bicyclic) bond motifs is 5. The van der Waals surface area contributed by atoms with Gasteiger partial charge >= 0.3 is 0 Å². The number of allylic oxidation sites excluding steroid dienone is 2. The van der Waals surface area contributed by atoms with Crippen LogP contribution in [0.15, 0.2) is 25.3 Å². The molecular weight excluding hydrogens is 546 g/mol. The molecule has 0 bridgehead atoms. The first-order chi connectivity index (χ1) is 17.5. The minimum absolute atomic E-state index is 0. The van der Waals surface area contributed by atoms with Crippen LogP contribution >= 0.6 is 15.9 Å². The van der Waals surface area contributed by atoms with E-state index in [1.165, 1.54) is 70.6 Å². The summed E-state index contributed by atoms with van der Waals surface area (Å²) >= 11 is 2.88. The molecule has 4 saturated carbocycles. The van der Waals surface area contributed by atoms with E-state index in [4.69, 9.17) is 15.3 Å². The number of methoxy groups -OCH3 is 1. The number of carbonyl (C=O) groups excluding carboxylic acids is 1. The van der Waals surface area contributed by atoms with Crippen LogP contribution in [0.3, 0.4) is 0 Å². The molecule has 9 unspecified atom stereocenters. The largest absolute Gasteiger partial charge is 0.384 e. The summed E-state index contributed by atoms with van der Waals surface area (Å²) in [7, 11) is 1.90. The van der Waals surface area contributed by atoms with Crippen LogP contribution < -0.4 is 5.73 Å². The maximum atomic E-state index is 9.13. The Hall–Kier alpha value is -0.450. The van der Waals surface area contributed by atoms with E-state index in [1.54, 1.807) is 6.08 Å². The van der Waals surface area contributed by atoms with Crippen molar-refractivity contribution < 1.29 is 9.53 Å². The van der Waals surface area contributed by atoms with E-state index in [-0.39, 0.29) is 20.4 Å². The molecule has 0 aromatic heterocycles. The van der Waals surface area contributed by atoms with Crippen molar-refractivity contribution in [3.8, 4) is 0 Å². The fourth-order valence-corrected chi connectivity index (χ4v) is 10.4. The van der Waals surface area contributed by atoms with Crippen LogP contribution in [-0.2, 0) is 9.53 Å². The molecule has 0 amide bonds. The molecule has 0 aromatic rings. The second-order valence-corrected chi connectivity index (χ2v) is 13.9. The highest BCUT2D eigenvalue weighted by Crippen LogP contribution is 2.71. The molecule has 9 atom stereocenters. The van der Waals surface area contributed by atoms with Gasteiger partial charge in [0.25, 0.3) is 0 Å². The Labute approximate surface area is 252 Å². The van der Waals surface area contributed by atoms with E-state index < -0.39 is 0 Å². The second-order valence-electron chi connectivity index (χ2n) is 13.3. The lowest BCUT2D eigenvalue weighted by molar-refractivity contribution is -0.185. The van der Waals surface area contributed by atoms with Crippen molar-refractivity contribution in [2.75, 3.05) is 19.0 Å². The number of alkyl halides is 1. The summed E-state index contributed by atoms with van der Waals surface area (Å²) < 4.78 is 5.80. The van der Waals surface area contributed by atoms with Gasteiger partial charge < -0.3 is 15.3 Å². The minimum Gasteiger partial charge on any atom is -0.384 e. The van der Waals surface area contributed by atoms with Crippen LogP contribution in [0.2, 0.25) is 0 Å². The first-order valence-corrected chi connectivity index (χ1v) is 16.1. The molecule has 4 aliphatic rings. The molecule has 0 aromatic carbocycles. The van der Waals surface area contributed by atoms with E-state index in [1.807, 2.05) is 14.0 Å². The van der Waals surface area contributed by atoms with Crippen molar-refractivity contribution in [1.82, 2.24) is 0 Å². The van der Waals surface area contributed by atoms with Gasteiger partial charge in [0, 0.05) is 12.6 Å². The molecule has 0 saturated heterocycles.